The summed E-state index contributed by atoms with van der Waals surface area (Å²) in [6.07, 6.45) is -0.0845. The van der Waals surface area contributed by atoms with Crippen molar-refractivity contribution in [2.45, 2.75) is 19.9 Å². The number of nitrogens with zero attached hydrogens (tertiary/aromatic N) is 2. The molecule has 1 aromatic carbocycles. The molecular weight excluding hydrogens is 228 g/mol. The zero-order chi connectivity index (χ0) is 11.7. The highest BCUT2D eigenvalue weighted by Crippen LogP contribution is 2.24. The maximum absolute atomic E-state index is 10.7. The van der Waals surface area contributed by atoms with Gasteiger partial charge in [-0.1, -0.05) is 17.7 Å². The molecule has 84 valence electrons. The van der Waals surface area contributed by atoms with Gasteiger partial charge in [0.05, 0.1) is 16.1 Å². The van der Waals surface area contributed by atoms with Gasteiger partial charge in [-0.25, -0.2) is 4.98 Å². The number of carbonyl (C=O) groups is 1. The molecule has 5 heteroatoms. The smallest absolute Gasteiger partial charge is 0.311 e. The molecule has 0 saturated heterocycles. The predicted octanol–water partition coefficient (Wildman–Crippen LogP) is 2.34. The Morgan fingerprint density at radius 3 is 2.94 bits per heavy atom. The molecule has 0 amide bonds. The van der Waals surface area contributed by atoms with E-state index in [4.69, 9.17) is 16.7 Å². The Morgan fingerprint density at radius 1 is 1.56 bits per heavy atom. The van der Waals surface area contributed by atoms with E-state index in [1.807, 2.05) is 23.6 Å². The fraction of sp³-hybridized carbons (Fsp3) is 0.273. The summed E-state index contributed by atoms with van der Waals surface area (Å²) < 4.78 is 1.84. The largest absolute Gasteiger partial charge is 0.481 e. The lowest BCUT2D eigenvalue weighted by Crippen LogP contribution is -2.08. The van der Waals surface area contributed by atoms with Crippen LogP contribution in [0.2, 0.25) is 5.02 Å². The molecule has 4 nitrogen and oxygen atoms in total. The van der Waals surface area contributed by atoms with E-state index in [0.29, 0.717) is 17.4 Å². The molecule has 0 spiro atoms. The van der Waals surface area contributed by atoms with Crippen LogP contribution in [0.25, 0.3) is 11.0 Å². The maximum Gasteiger partial charge on any atom is 0.311 e. The number of rotatable bonds is 3. The van der Waals surface area contributed by atoms with Gasteiger partial charge in [0, 0.05) is 6.54 Å². The van der Waals surface area contributed by atoms with Gasteiger partial charge in [-0.15, -0.1) is 0 Å². The van der Waals surface area contributed by atoms with Crippen molar-refractivity contribution >= 4 is 28.6 Å². The standard InChI is InChI=1S/C11H11ClN2O2/c1-2-14-9(6-10(15)16)13-8-5-3-4-7(12)11(8)14/h3-5H,2,6H2,1H3,(H,15,16). The lowest BCUT2D eigenvalue weighted by Gasteiger charge is -2.04. The average Bonchev–Trinajstić information content (AvgIpc) is 2.55. The minimum absolute atomic E-state index is 0.0845. The number of para-hydroxylation sites is 1. The Bertz CT molecular complexity index is 548. The van der Waals surface area contributed by atoms with Crippen LogP contribution in [-0.4, -0.2) is 20.6 Å². The van der Waals surface area contributed by atoms with Gasteiger partial charge in [-0.2, -0.15) is 0 Å². The molecule has 0 saturated carbocycles. The van der Waals surface area contributed by atoms with Crippen LogP contribution < -0.4 is 0 Å². The summed E-state index contributed by atoms with van der Waals surface area (Å²) >= 11 is 6.08. The van der Waals surface area contributed by atoms with Crippen LogP contribution in [0.4, 0.5) is 0 Å². The van der Waals surface area contributed by atoms with E-state index in [9.17, 15) is 4.79 Å². The summed E-state index contributed by atoms with van der Waals surface area (Å²) in [5.41, 5.74) is 1.55. The molecule has 16 heavy (non-hydrogen) atoms. The molecular formula is C11H11ClN2O2. The Labute approximate surface area is 97.5 Å². The molecule has 0 fully saturated rings. The number of imidazole rings is 1. The highest BCUT2D eigenvalue weighted by Gasteiger charge is 2.14. The van der Waals surface area contributed by atoms with Crippen LogP contribution in [-0.2, 0) is 17.8 Å². The summed E-state index contributed by atoms with van der Waals surface area (Å²) in [5.74, 6) is -0.348. The second-order valence-electron chi connectivity index (χ2n) is 3.45. The number of fused-ring (bicyclic) bond motifs is 1. The second-order valence-corrected chi connectivity index (χ2v) is 3.86. The summed E-state index contributed by atoms with van der Waals surface area (Å²) in [6.45, 7) is 2.60. The molecule has 1 aromatic heterocycles. The molecule has 2 rings (SSSR count). The minimum atomic E-state index is -0.888. The van der Waals surface area contributed by atoms with Crippen molar-refractivity contribution in [3.8, 4) is 0 Å². The second kappa shape index (κ2) is 4.14. The Hall–Kier alpha value is -1.55. The van der Waals surface area contributed by atoms with E-state index in [1.54, 1.807) is 6.07 Å². The van der Waals surface area contributed by atoms with Crippen molar-refractivity contribution < 1.29 is 9.90 Å². The van der Waals surface area contributed by atoms with Crippen molar-refractivity contribution in [3.63, 3.8) is 0 Å². The van der Waals surface area contributed by atoms with Gasteiger partial charge in [0.1, 0.15) is 12.2 Å². The van der Waals surface area contributed by atoms with Crippen molar-refractivity contribution in [1.82, 2.24) is 9.55 Å². The zero-order valence-electron chi connectivity index (χ0n) is 8.77. The van der Waals surface area contributed by atoms with E-state index in [2.05, 4.69) is 4.98 Å². The maximum atomic E-state index is 10.7. The first-order valence-electron chi connectivity index (χ1n) is 4.99. The van der Waals surface area contributed by atoms with Gasteiger partial charge in [0.2, 0.25) is 0 Å². The van der Waals surface area contributed by atoms with Crippen molar-refractivity contribution in [3.05, 3.63) is 29.0 Å². The van der Waals surface area contributed by atoms with Crippen molar-refractivity contribution in [1.29, 1.82) is 0 Å². The van der Waals surface area contributed by atoms with E-state index in [-0.39, 0.29) is 6.42 Å². The molecule has 0 aliphatic rings. The normalized spacial score (nSPS) is 10.9. The highest BCUT2D eigenvalue weighted by molar-refractivity contribution is 6.35. The fourth-order valence-corrected chi connectivity index (χ4v) is 2.07. The SMILES string of the molecule is CCn1c(CC(=O)O)nc2cccc(Cl)c21. The van der Waals surface area contributed by atoms with Gasteiger partial charge >= 0.3 is 5.97 Å². The molecule has 0 aliphatic carbocycles. The fourth-order valence-electron chi connectivity index (χ4n) is 1.80. The lowest BCUT2D eigenvalue weighted by atomic mass is 10.3. The topological polar surface area (TPSA) is 55.1 Å². The van der Waals surface area contributed by atoms with Crippen LogP contribution in [0.5, 0.6) is 0 Å². The van der Waals surface area contributed by atoms with Crippen molar-refractivity contribution in [2.24, 2.45) is 0 Å². The third-order valence-electron chi connectivity index (χ3n) is 2.42. The summed E-state index contributed by atoms with van der Waals surface area (Å²) in [5, 5.41) is 9.40. The predicted molar refractivity (Wildman–Crippen MR) is 61.8 cm³/mol. The number of carboxylic acid groups (broad SMARTS) is 1. The van der Waals surface area contributed by atoms with Gasteiger partial charge in [0.15, 0.2) is 0 Å². The van der Waals surface area contributed by atoms with Crippen LogP contribution in [0, 0.1) is 0 Å². The highest BCUT2D eigenvalue weighted by atomic mass is 35.5. The van der Waals surface area contributed by atoms with Crippen LogP contribution in [0.3, 0.4) is 0 Å². The molecule has 0 aliphatic heterocycles. The van der Waals surface area contributed by atoms with Gasteiger partial charge in [-0.05, 0) is 19.1 Å². The number of aromatic nitrogens is 2. The molecule has 0 unspecified atom stereocenters. The number of benzene rings is 1. The van der Waals surface area contributed by atoms with E-state index in [1.165, 1.54) is 0 Å². The first-order chi connectivity index (χ1) is 7.63. The Balaban J connectivity index is 2.67. The third-order valence-corrected chi connectivity index (χ3v) is 2.73. The number of hydrogen-bond donors (Lipinski definition) is 1. The number of halogens is 1. The summed E-state index contributed by atoms with van der Waals surface area (Å²) in [7, 11) is 0. The average molecular weight is 239 g/mol. The number of aryl methyl sites for hydroxylation is 1. The van der Waals surface area contributed by atoms with Crippen molar-refractivity contribution in [2.75, 3.05) is 0 Å². The minimum Gasteiger partial charge on any atom is -0.481 e. The number of carboxylic acids is 1. The molecule has 0 bridgehead atoms. The van der Waals surface area contributed by atoms with Gasteiger partial charge in [0.25, 0.3) is 0 Å². The van der Waals surface area contributed by atoms with E-state index < -0.39 is 5.97 Å². The third kappa shape index (κ3) is 1.76. The lowest BCUT2D eigenvalue weighted by molar-refractivity contribution is -0.136. The quantitative estimate of drug-likeness (QED) is 0.893. The zero-order valence-corrected chi connectivity index (χ0v) is 9.53. The van der Waals surface area contributed by atoms with E-state index in [0.717, 1.165) is 11.0 Å². The monoisotopic (exact) mass is 238 g/mol. The number of aliphatic carboxylic acids is 1. The Morgan fingerprint density at radius 2 is 2.31 bits per heavy atom. The van der Waals surface area contributed by atoms with Crippen LogP contribution >= 0.6 is 11.6 Å². The first kappa shape index (κ1) is 11.0. The Kier molecular flexibility index (Phi) is 2.83. The number of hydrogen-bond acceptors (Lipinski definition) is 2. The molecule has 0 atom stereocenters. The first-order valence-corrected chi connectivity index (χ1v) is 5.36. The van der Waals surface area contributed by atoms with Gasteiger partial charge < -0.3 is 9.67 Å². The van der Waals surface area contributed by atoms with Gasteiger partial charge in [-0.3, -0.25) is 4.79 Å². The van der Waals surface area contributed by atoms with Crippen LogP contribution in [0.15, 0.2) is 18.2 Å². The summed E-state index contributed by atoms with van der Waals surface area (Å²) in [6, 6.07) is 5.42. The molecule has 2 aromatic rings. The molecule has 0 radical (unpaired) electrons. The molecule has 1 N–H and O–H groups in total. The summed E-state index contributed by atoms with van der Waals surface area (Å²) in [4.78, 5) is 15.0. The molecule has 1 heterocycles. The van der Waals surface area contributed by atoms with E-state index >= 15 is 0 Å². The van der Waals surface area contributed by atoms with Crippen LogP contribution in [0.1, 0.15) is 12.7 Å².